The van der Waals surface area contributed by atoms with Crippen LogP contribution >= 0.6 is 0 Å². The first kappa shape index (κ1) is 9.86. The molecule has 0 unspecified atom stereocenters. The third kappa shape index (κ3) is 1.64. The molecule has 78 valence electrons. The Morgan fingerprint density at radius 1 is 1.47 bits per heavy atom. The normalized spacial score (nSPS) is 10.9. The summed E-state index contributed by atoms with van der Waals surface area (Å²) < 4.78 is 18.3. The number of halogens is 1. The summed E-state index contributed by atoms with van der Waals surface area (Å²) in [6.07, 6.45) is 0. The van der Waals surface area contributed by atoms with Gasteiger partial charge in [0.1, 0.15) is 11.4 Å². The fourth-order valence-corrected chi connectivity index (χ4v) is 1.48. The maximum atomic E-state index is 13.1. The van der Waals surface area contributed by atoms with Gasteiger partial charge in [0.05, 0.1) is 6.61 Å². The van der Waals surface area contributed by atoms with Crippen molar-refractivity contribution in [3.63, 3.8) is 0 Å². The average molecular weight is 208 g/mol. The van der Waals surface area contributed by atoms with Crippen LogP contribution in [0.1, 0.15) is 23.0 Å². The van der Waals surface area contributed by atoms with Crippen LogP contribution in [-0.4, -0.2) is 10.9 Å². The monoisotopic (exact) mass is 208 g/mol. The molecular formula is C11H9FO3. The zero-order chi connectivity index (χ0) is 11.0. The van der Waals surface area contributed by atoms with E-state index in [1.54, 1.807) is 0 Å². The SMILES string of the molecule is CC(=O)c1cc2cc(F)cc(CO)c2o1. The highest BCUT2D eigenvalue weighted by Gasteiger charge is 2.12. The van der Waals surface area contributed by atoms with Crippen molar-refractivity contribution in [2.75, 3.05) is 0 Å². The van der Waals surface area contributed by atoms with E-state index in [9.17, 15) is 9.18 Å². The lowest BCUT2D eigenvalue weighted by Gasteiger charge is -1.97. The lowest BCUT2D eigenvalue weighted by molar-refractivity contribution is 0.0989. The third-order valence-corrected chi connectivity index (χ3v) is 2.18. The molecule has 2 aromatic rings. The Hall–Kier alpha value is -1.68. The van der Waals surface area contributed by atoms with E-state index in [1.807, 2.05) is 0 Å². The van der Waals surface area contributed by atoms with Crippen molar-refractivity contribution in [2.24, 2.45) is 0 Å². The molecule has 0 aliphatic heterocycles. The molecule has 15 heavy (non-hydrogen) atoms. The molecule has 4 heteroatoms. The maximum Gasteiger partial charge on any atom is 0.194 e. The minimum Gasteiger partial charge on any atom is -0.453 e. The molecule has 0 aliphatic carbocycles. The zero-order valence-corrected chi connectivity index (χ0v) is 8.08. The van der Waals surface area contributed by atoms with E-state index in [1.165, 1.54) is 25.1 Å². The molecule has 3 nitrogen and oxygen atoms in total. The maximum absolute atomic E-state index is 13.1. The summed E-state index contributed by atoms with van der Waals surface area (Å²) in [7, 11) is 0. The number of hydrogen-bond acceptors (Lipinski definition) is 3. The lowest BCUT2D eigenvalue weighted by Crippen LogP contribution is -1.86. The predicted molar refractivity (Wildman–Crippen MR) is 52.1 cm³/mol. The summed E-state index contributed by atoms with van der Waals surface area (Å²) in [5, 5.41) is 9.49. The van der Waals surface area contributed by atoms with Gasteiger partial charge in [0.2, 0.25) is 0 Å². The van der Waals surface area contributed by atoms with Crippen LogP contribution in [0.15, 0.2) is 22.6 Å². The Morgan fingerprint density at radius 3 is 2.80 bits per heavy atom. The first-order chi connectivity index (χ1) is 7.11. The number of carbonyl (C=O) groups is 1. The number of carbonyl (C=O) groups excluding carboxylic acids is 1. The highest BCUT2D eigenvalue weighted by Crippen LogP contribution is 2.24. The summed E-state index contributed by atoms with van der Waals surface area (Å²) in [6.45, 7) is 1.05. The molecule has 1 heterocycles. The van der Waals surface area contributed by atoms with E-state index in [2.05, 4.69) is 0 Å². The van der Waals surface area contributed by atoms with Gasteiger partial charge in [-0.1, -0.05) is 0 Å². The van der Waals surface area contributed by atoms with Crippen LogP contribution in [-0.2, 0) is 6.61 Å². The molecule has 1 aromatic carbocycles. The summed E-state index contributed by atoms with van der Waals surface area (Å²) >= 11 is 0. The number of ketones is 1. The van der Waals surface area contributed by atoms with E-state index in [4.69, 9.17) is 9.52 Å². The summed E-state index contributed by atoms with van der Waals surface area (Å²) in [6, 6.07) is 3.93. The van der Waals surface area contributed by atoms with E-state index in [-0.39, 0.29) is 18.2 Å². The molecule has 0 saturated carbocycles. The number of fused-ring (bicyclic) bond motifs is 1. The highest BCUT2D eigenvalue weighted by molar-refractivity contribution is 5.96. The Kier molecular flexibility index (Phi) is 2.28. The molecule has 0 aliphatic rings. The fourth-order valence-electron chi connectivity index (χ4n) is 1.48. The van der Waals surface area contributed by atoms with Gasteiger partial charge in [-0.15, -0.1) is 0 Å². The molecular weight excluding hydrogens is 199 g/mol. The smallest absolute Gasteiger partial charge is 0.194 e. The molecule has 0 saturated heterocycles. The van der Waals surface area contributed by atoms with E-state index in [0.717, 1.165) is 0 Å². The number of furan rings is 1. The number of benzene rings is 1. The average Bonchev–Trinajstić information content (AvgIpc) is 2.59. The van der Waals surface area contributed by atoms with Crippen LogP contribution in [0.5, 0.6) is 0 Å². The van der Waals surface area contributed by atoms with Gasteiger partial charge in [-0.2, -0.15) is 0 Å². The third-order valence-electron chi connectivity index (χ3n) is 2.18. The van der Waals surface area contributed by atoms with Crippen LogP contribution in [0.4, 0.5) is 4.39 Å². The minimum absolute atomic E-state index is 0.172. The van der Waals surface area contributed by atoms with Crippen LogP contribution in [0.3, 0.4) is 0 Å². The van der Waals surface area contributed by atoms with Crippen molar-refractivity contribution in [2.45, 2.75) is 13.5 Å². The van der Waals surface area contributed by atoms with Crippen molar-refractivity contribution in [1.29, 1.82) is 0 Å². The number of aliphatic hydroxyl groups is 1. The zero-order valence-electron chi connectivity index (χ0n) is 8.08. The highest BCUT2D eigenvalue weighted by atomic mass is 19.1. The van der Waals surface area contributed by atoms with Crippen molar-refractivity contribution >= 4 is 16.8 Å². The summed E-state index contributed by atoms with van der Waals surface area (Å²) in [5.74, 6) is -0.511. The van der Waals surface area contributed by atoms with Crippen molar-refractivity contribution in [3.05, 3.63) is 35.3 Å². The van der Waals surface area contributed by atoms with Gasteiger partial charge in [-0.25, -0.2) is 4.39 Å². The van der Waals surface area contributed by atoms with Crippen molar-refractivity contribution < 1.29 is 18.7 Å². The second-order valence-electron chi connectivity index (χ2n) is 3.31. The fraction of sp³-hybridized carbons (Fsp3) is 0.182. The summed E-state index contributed by atoms with van der Waals surface area (Å²) in [5.41, 5.74) is 0.710. The lowest BCUT2D eigenvalue weighted by atomic mass is 10.1. The Bertz CT molecular complexity index is 528. The first-order valence-corrected chi connectivity index (χ1v) is 4.45. The van der Waals surface area contributed by atoms with Gasteiger partial charge in [0, 0.05) is 17.9 Å². The second-order valence-corrected chi connectivity index (χ2v) is 3.31. The number of hydrogen-bond donors (Lipinski definition) is 1. The van der Waals surface area contributed by atoms with Gasteiger partial charge in [-0.3, -0.25) is 4.79 Å². The minimum atomic E-state index is -0.456. The van der Waals surface area contributed by atoms with E-state index < -0.39 is 5.82 Å². The standard InChI is InChI=1S/C11H9FO3/c1-6(14)10-4-7-2-9(12)3-8(5-13)11(7)15-10/h2-4,13H,5H2,1H3. The van der Waals surface area contributed by atoms with E-state index >= 15 is 0 Å². The topological polar surface area (TPSA) is 50.4 Å². The molecule has 0 bridgehead atoms. The van der Waals surface area contributed by atoms with Crippen LogP contribution < -0.4 is 0 Å². The summed E-state index contributed by atoms with van der Waals surface area (Å²) in [4.78, 5) is 11.0. The Balaban J connectivity index is 2.74. The van der Waals surface area contributed by atoms with Crippen molar-refractivity contribution in [1.82, 2.24) is 0 Å². The van der Waals surface area contributed by atoms with Crippen LogP contribution in [0, 0.1) is 5.82 Å². The first-order valence-electron chi connectivity index (χ1n) is 4.45. The molecule has 0 atom stereocenters. The molecule has 0 amide bonds. The largest absolute Gasteiger partial charge is 0.453 e. The Morgan fingerprint density at radius 2 is 2.20 bits per heavy atom. The van der Waals surface area contributed by atoms with Crippen LogP contribution in [0.2, 0.25) is 0 Å². The van der Waals surface area contributed by atoms with Gasteiger partial charge in [0.15, 0.2) is 11.5 Å². The van der Waals surface area contributed by atoms with Gasteiger partial charge >= 0.3 is 0 Å². The predicted octanol–water partition coefficient (Wildman–Crippen LogP) is 2.27. The number of Topliss-reactive ketones (excluding diaryl/α,β-unsaturated/α-hetero) is 1. The van der Waals surface area contributed by atoms with Gasteiger partial charge in [0.25, 0.3) is 0 Å². The molecule has 1 N–H and O–H groups in total. The number of rotatable bonds is 2. The van der Waals surface area contributed by atoms with Gasteiger partial charge < -0.3 is 9.52 Å². The quantitative estimate of drug-likeness (QED) is 0.770. The molecule has 0 radical (unpaired) electrons. The Labute approximate surface area is 85.1 Å². The van der Waals surface area contributed by atoms with E-state index in [0.29, 0.717) is 16.5 Å². The second kappa shape index (κ2) is 3.47. The van der Waals surface area contributed by atoms with Gasteiger partial charge in [-0.05, 0) is 18.2 Å². The molecule has 1 aromatic heterocycles. The molecule has 2 rings (SSSR count). The van der Waals surface area contributed by atoms with Crippen LogP contribution in [0.25, 0.3) is 11.0 Å². The molecule has 0 spiro atoms. The van der Waals surface area contributed by atoms with Crippen molar-refractivity contribution in [3.8, 4) is 0 Å². The molecule has 0 fully saturated rings. The number of aliphatic hydroxyl groups excluding tert-OH is 1.